The van der Waals surface area contributed by atoms with Gasteiger partial charge in [-0.1, -0.05) is 65.7 Å². The van der Waals surface area contributed by atoms with E-state index >= 15 is 0 Å². The van der Waals surface area contributed by atoms with Gasteiger partial charge in [0.25, 0.3) is 0 Å². The smallest absolute Gasteiger partial charge is 0.137 e. The van der Waals surface area contributed by atoms with Crippen LogP contribution in [0, 0.1) is 5.82 Å². The lowest BCUT2D eigenvalue weighted by Gasteiger charge is -2.05. The van der Waals surface area contributed by atoms with Gasteiger partial charge in [0, 0.05) is 34.8 Å². The summed E-state index contributed by atoms with van der Waals surface area (Å²) in [5.41, 5.74) is 5.66. The molecule has 1 aliphatic rings. The third kappa shape index (κ3) is 7.37. The minimum absolute atomic E-state index is 0.144. The molecular formula is C28H37FO2S. The molecule has 1 unspecified atom stereocenters. The lowest BCUT2D eigenvalue weighted by atomic mass is 9.99. The van der Waals surface area contributed by atoms with Gasteiger partial charge >= 0.3 is 0 Å². The van der Waals surface area contributed by atoms with Gasteiger partial charge in [0.15, 0.2) is 0 Å². The summed E-state index contributed by atoms with van der Waals surface area (Å²) in [6, 6.07) is 12.3. The number of carbonyl (C=O) groups excluding carboxylic acids is 1. The van der Waals surface area contributed by atoms with Crippen LogP contribution < -0.4 is 0 Å². The molecule has 2 nitrogen and oxygen atoms in total. The molecule has 0 saturated heterocycles. The standard InChI is InChI=1S/C22H21FO2S.C4H10.C2H6/c1-4-17(24)13-21-14(2)20(19-10-7-16(23)12-22(19)21)11-15-5-8-18(9-6-15)26(3)25;1-3-4-2;1-2/h5-12H,4,13H2,1-3H3;3-4H2,1-2H3;1-2H3/b20-11+;;. The predicted octanol–water partition coefficient (Wildman–Crippen LogP) is 8.09. The van der Waals surface area contributed by atoms with E-state index in [1.807, 2.05) is 58.0 Å². The summed E-state index contributed by atoms with van der Waals surface area (Å²) in [5.74, 6) is -0.153. The van der Waals surface area contributed by atoms with Gasteiger partial charge in [-0.15, -0.1) is 0 Å². The van der Waals surface area contributed by atoms with Gasteiger partial charge in [-0.25, -0.2) is 4.39 Å². The Morgan fingerprint density at radius 2 is 1.56 bits per heavy atom. The first-order valence-electron chi connectivity index (χ1n) is 11.5. The molecule has 0 bridgehead atoms. The van der Waals surface area contributed by atoms with Gasteiger partial charge < -0.3 is 0 Å². The number of benzene rings is 2. The summed E-state index contributed by atoms with van der Waals surface area (Å²) >= 11 is 0. The van der Waals surface area contributed by atoms with Crippen LogP contribution in [0.5, 0.6) is 0 Å². The molecule has 1 aliphatic carbocycles. The Hall–Kier alpha value is -2.33. The van der Waals surface area contributed by atoms with E-state index in [-0.39, 0.29) is 11.6 Å². The fourth-order valence-electron chi connectivity index (χ4n) is 3.23. The van der Waals surface area contributed by atoms with Gasteiger partial charge in [-0.05, 0) is 70.7 Å². The van der Waals surface area contributed by atoms with E-state index < -0.39 is 10.8 Å². The molecule has 1 atom stereocenters. The first-order valence-corrected chi connectivity index (χ1v) is 13.0. The predicted molar refractivity (Wildman–Crippen MR) is 137 cm³/mol. The van der Waals surface area contributed by atoms with Crippen molar-refractivity contribution in [2.45, 2.75) is 72.1 Å². The minimum atomic E-state index is -1.01. The quantitative estimate of drug-likeness (QED) is 0.440. The highest BCUT2D eigenvalue weighted by molar-refractivity contribution is 7.84. The lowest BCUT2D eigenvalue weighted by Crippen LogP contribution is -1.97. The van der Waals surface area contributed by atoms with Crippen LogP contribution in [-0.2, 0) is 15.6 Å². The second-order valence-electron chi connectivity index (χ2n) is 7.44. The van der Waals surface area contributed by atoms with Crippen LogP contribution in [0.3, 0.4) is 0 Å². The average molecular weight is 457 g/mol. The van der Waals surface area contributed by atoms with Gasteiger partial charge in [0.1, 0.15) is 11.6 Å². The molecule has 0 spiro atoms. The van der Waals surface area contributed by atoms with Crippen molar-refractivity contribution in [3.8, 4) is 0 Å². The topological polar surface area (TPSA) is 34.1 Å². The number of ketones is 1. The zero-order valence-electron chi connectivity index (χ0n) is 20.5. The number of unbranched alkanes of at least 4 members (excludes halogenated alkanes) is 1. The summed E-state index contributed by atoms with van der Waals surface area (Å²) in [5, 5.41) is 0. The van der Waals surface area contributed by atoms with Crippen LogP contribution in [0.25, 0.3) is 17.2 Å². The normalized spacial score (nSPS) is 14.2. The molecule has 2 aromatic carbocycles. The first kappa shape index (κ1) is 27.7. The number of fused-ring (bicyclic) bond motifs is 1. The average Bonchev–Trinajstić information content (AvgIpc) is 3.05. The summed E-state index contributed by atoms with van der Waals surface area (Å²) < 4.78 is 25.3. The molecule has 174 valence electrons. The Morgan fingerprint density at radius 3 is 2.06 bits per heavy atom. The van der Waals surface area contributed by atoms with E-state index in [4.69, 9.17) is 0 Å². The van der Waals surface area contributed by atoms with Gasteiger partial charge in [0.05, 0.1) is 0 Å². The van der Waals surface area contributed by atoms with Gasteiger partial charge in [-0.2, -0.15) is 0 Å². The molecule has 0 heterocycles. The summed E-state index contributed by atoms with van der Waals surface area (Å²) in [6.45, 7) is 12.2. The molecule has 3 rings (SSSR count). The zero-order chi connectivity index (χ0) is 24.3. The van der Waals surface area contributed by atoms with Crippen molar-refractivity contribution < 1.29 is 13.4 Å². The third-order valence-corrected chi connectivity index (χ3v) is 6.18. The molecule has 0 fully saturated rings. The van der Waals surface area contributed by atoms with Crippen LogP contribution >= 0.6 is 0 Å². The first-order chi connectivity index (χ1) is 15.3. The number of halogens is 1. The van der Waals surface area contributed by atoms with Crippen molar-refractivity contribution in [1.29, 1.82) is 0 Å². The molecule has 4 heteroatoms. The summed E-state index contributed by atoms with van der Waals surface area (Å²) in [6.07, 6.45) is 7.12. The van der Waals surface area contributed by atoms with Crippen molar-refractivity contribution in [2.75, 3.05) is 6.26 Å². The molecule has 0 aliphatic heterocycles. The Morgan fingerprint density at radius 1 is 0.969 bits per heavy atom. The number of hydrogen-bond donors (Lipinski definition) is 0. The van der Waals surface area contributed by atoms with E-state index in [1.165, 1.54) is 25.0 Å². The number of carbonyl (C=O) groups is 1. The largest absolute Gasteiger partial charge is 0.299 e. The summed E-state index contributed by atoms with van der Waals surface area (Å²) in [7, 11) is -1.01. The second kappa shape index (κ2) is 13.9. The summed E-state index contributed by atoms with van der Waals surface area (Å²) in [4.78, 5) is 12.8. The maximum Gasteiger partial charge on any atom is 0.137 e. The van der Waals surface area contributed by atoms with E-state index in [0.29, 0.717) is 12.8 Å². The monoisotopic (exact) mass is 456 g/mol. The fraction of sp³-hybridized carbons (Fsp3) is 0.393. The number of Topliss-reactive ketones (excluding diaryl/α,β-unsaturated/α-hetero) is 1. The fourth-order valence-corrected chi connectivity index (χ4v) is 3.75. The molecular weight excluding hydrogens is 419 g/mol. The molecule has 0 N–H and O–H groups in total. The Balaban J connectivity index is 0.000000769. The highest BCUT2D eigenvalue weighted by atomic mass is 32.2. The van der Waals surface area contributed by atoms with E-state index in [2.05, 4.69) is 13.8 Å². The second-order valence-corrected chi connectivity index (χ2v) is 8.82. The molecule has 2 aromatic rings. The minimum Gasteiger partial charge on any atom is -0.299 e. The maximum atomic E-state index is 13.8. The molecule has 0 radical (unpaired) electrons. The van der Waals surface area contributed by atoms with Crippen LogP contribution in [0.15, 0.2) is 52.9 Å². The van der Waals surface area contributed by atoms with Crippen molar-refractivity contribution in [3.05, 3.63) is 70.5 Å². The van der Waals surface area contributed by atoms with Crippen LogP contribution in [0.4, 0.5) is 4.39 Å². The van der Waals surface area contributed by atoms with E-state index in [9.17, 15) is 13.4 Å². The molecule has 0 aromatic heterocycles. The molecule has 0 saturated carbocycles. The Bertz CT molecular complexity index is 983. The SMILES string of the molecule is CC.CCC(=O)CC1=C(C)/C(=C\c2ccc(S(C)=O)cc2)c2ccc(F)cc21.CCCC. The van der Waals surface area contributed by atoms with Crippen LogP contribution in [0.2, 0.25) is 0 Å². The maximum absolute atomic E-state index is 13.8. The van der Waals surface area contributed by atoms with E-state index in [1.54, 1.807) is 12.3 Å². The number of rotatable bonds is 6. The Labute approximate surface area is 196 Å². The molecule has 0 amide bonds. The number of allylic oxidation sites excluding steroid dienone is 3. The lowest BCUT2D eigenvalue weighted by molar-refractivity contribution is -0.117. The Kier molecular flexibility index (Phi) is 12.1. The highest BCUT2D eigenvalue weighted by Gasteiger charge is 2.25. The number of hydrogen-bond acceptors (Lipinski definition) is 2. The van der Waals surface area contributed by atoms with Crippen molar-refractivity contribution in [1.82, 2.24) is 0 Å². The van der Waals surface area contributed by atoms with Crippen molar-refractivity contribution in [3.63, 3.8) is 0 Å². The third-order valence-electron chi connectivity index (χ3n) is 5.24. The van der Waals surface area contributed by atoms with Crippen molar-refractivity contribution in [2.24, 2.45) is 0 Å². The van der Waals surface area contributed by atoms with Crippen molar-refractivity contribution >= 4 is 33.8 Å². The van der Waals surface area contributed by atoms with Crippen LogP contribution in [0.1, 0.15) is 83.9 Å². The highest BCUT2D eigenvalue weighted by Crippen LogP contribution is 2.44. The van der Waals surface area contributed by atoms with E-state index in [0.717, 1.165) is 38.3 Å². The van der Waals surface area contributed by atoms with Gasteiger partial charge in [-0.3, -0.25) is 9.00 Å². The van der Waals surface area contributed by atoms with Gasteiger partial charge in [0.2, 0.25) is 0 Å². The zero-order valence-corrected chi connectivity index (χ0v) is 21.4. The van der Waals surface area contributed by atoms with Crippen LogP contribution in [-0.4, -0.2) is 16.2 Å². The molecule has 32 heavy (non-hydrogen) atoms.